The summed E-state index contributed by atoms with van der Waals surface area (Å²) in [5, 5.41) is 0. The van der Waals surface area contributed by atoms with Gasteiger partial charge in [-0.1, -0.05) is 19.2 Å². The zero-order chi connectivity index (χ0) is 7.68. The van der Waals surface area contributed by atoms with Crippen molar-refractivity contribution in [2.24, 2.45) is 5.92 Å². The lowest BCUT2D eigenvalue weighted by molar-refractivity contribution is 0.00601. The molecular weight excluding hydrogens is 137 g/mol. The van der Waals surface area contributed by atoms with Gasteiger partial charge < -0.3 is 0 Å². The quantitative estimate of drug-likeness (QED) is 0.554. The zero-order valence-electron chi connectivity index (χ0n) is 7.18. The van der Waals surface area contributed by atoms with E-state index in [0.717, 1.165) is 5.92 Å². The van der Waals surface area contributed by atoms with E-state index in [0.29, 0.717) is 12.1 Å². The highest BCUT2D eigenvalue weighted by molar-refractivity contribution is 6.09. The minimum atomic E-state index is 0.536. The van der Waals surface area contributed by atoms with Gasteiger partial charge in [0, 0.05) is 12.0 Å². The van der Waals surface area contributed by atoms with E-state index in [1.54, 1.807) is 0 Å². The van der Waals surface area contributed by atoms with Gasteiger partial charge in [-0.05, 0) is 12.8 Å². The highest BCUT2D eigenvalue weighted by atomic mass is 16.7. The van der Waals surface area contributed by atoms with Crippen molar-refractivity contribution in [2.75, 3.05) is 0 Å². The summed E-state index contributed by atoms with van der Waals surface area (Å²) in [6.45, 7) is 0. The van der Waals surface area contributed by atoms with Crippen LogP contribution in [0.15, 0.2) is 0 Å². The lowest BCUT2D eigenvalue weighted by atomic mass is 9.78. The molecule has 0 bridgehead atoms. The van der Waals surface area contributed by atoms with Crippen molar-refractivity contribution in [3.63, 3.8) is 0 Å². The molecular formula is C8H16BNO. The molecule has 0 aromatic carbocycles. The Hall–Kier alpha value is -0.0151. The largest absolute Gasteiger partial charge is 0.298 e. The fourth-order valence-corrected chi connectivity index (χ4v) is 2.38. The topological polar surface area (TPSA) is 21.3 Å². The molecule has 1 saturated heterocycles. The van der Waals surface area contributed by atoms with Crippen LogP contribution in [-0.2, 0) is 4.84 Å². The maximum Gasteiger partial charge on any atom is 0.103 e. The maximum absolute atomic E-state index is 5.51. The third-order valence-electron chi connectivity index (χ3n) is 3.08. The summed E-state index contributed by atoms with van der Waals surface area (Å²) in [5.74, 6) is 0.814. The molecule has 2 rings (SSSR count). The molecule has 1 aliphatic heterocycles. The first kappa shape index (κ1) is 7.62. The van der Waals surface area contributed by atoms with Gasteiger partial charge in [-0.3, -0.25) is 4.84 Å². The Morgan fingerprint density at radius 3 is 3.00 bits per heavy atom. The molecule has 0 spiro atoms. The summed E-state index contributed by atoms with van der Waals surface area (Å²) >= 11 is 0. The van der Waals surface area contributed by atoms with E-state index >= 15 is 0 Å². The summed E-state index contributed by atoms with van der Waals surface area (Å²) in [4.78, 5) is 5.51. The molecule has 1 N–H and O–H groups in total. The lowest BCUT2D eigenvalue weighted by Crippen LogP contribution is -2.29. The highest BCUT2D eigenvalue weighted by Crippen LogP contribution is 2.33. The van der Waals surface area contributed by atoms with Crippen molar-refractivity contribution in [1.29, 1.82) is 0 Å². The SMILES string of the molecule is BC[C@H]1NOC2CCCCC21. The van der Waals surface area contributed by atoms with Crippen LogP contribution >= 0.6 is 0 Å². The molecule has 0 amide bonds. The van der Waals surface area contributed by atoms with Crippen molar-refractivity contribution < 1.29 is 4.84 Å². The Bertz CT molecular complexity index is 136. The van der Waals surface area contributed by atoms with Crippen LogP contribution in [0, 0.1) is 5.92 Å². The van der Waals surface area contributed by atoms with Crippen molar-refractivity contribution in [1.82, 2.24) is 5.48 Å². The van der Waals surface area contributed by atoms with E-state index in [2.05, 4.69) is 13.3 Å². The molecule has 0 radical (unpaired) electrons. The zero-order valence-corrected chi connectivity index (χ0v) is 7.18. The predicted molar refractivity (Wildman–Crippen MR) is 47.1 cm³/mol. The average molecular weight is 153 g/mol. The van der Waals surface area contributed by atoms with Gasteiger partial charge in [-0.2, -0.15) is 5.48 Å². The van der Waals surface area contributed by atoms with Gasteiger partial charge in [-0.25, -0.2) is 0 Å². The normalized spacial score (nSPS) is 43.8. The van der Waals surface area contributed by atoms with Crippen LogP contribution in [0.4, 0.5) is 0 Å². The van der Waals surface area contributed by atoms with E-state index in [-0.39, 0.29) is 0 Å². The molecule has 2 fully saturated rings. The molecule has 3 heteroatoms. The standard InChI is InChI=1S/C8H16BNO/c9-5-7-6-3-1-2-4-8(6)11-10-7/h6-8,10H,1-5,9H2/t6?,7-,8?/m1/s1. The molecule has 11 heavy (non-hydrogen) atoms. The molecule has 62 valence electrons. The van der Waals surface area contributed by atoms with E-state index in [4.69, 9.17) is 4.84 Å². The Balaban J connectivity index is 1.98. The first-order valence-corrected chi connectivity index (χ1v) is 4.83. The summed E-state index contributed by atoms with van der Waals surface area (Å²) in [6.07, 6.45) is 7.15. The molecule has 1 saturated carbocycles. The number of hydroxylamine groups is 1. The number of nitrogens with one attached hydrogen (secondary N) is 1. The summed E-state index contributed by atoms with van der Waals surface area (Å²) in [7, 11) is 2.23. The Morgan fingerprint density at radius 1 is 1.36 bits per heavy atom. The third kappa shape index (κ3) is 1.32. The molecule has 1 aliphatic carbocycles. The van der Waals surface area contributed by atoms with Crippen molar-refractivity contribution in [3.05, 3.63) is 0 Å². The van der Waals surface area contributed by atoms with Crippen LogP contribution in [0.2, 0.25) is 6.32 Å². The molecule has 0 aromatic rings. The number of hydrogen-bond donors (Lipinski definition) is 1. The van der Waals surface area contributed by atoms with Crippen LogP contribution in [-0.4, -0.2) is 20.0 Å². The molecule has 2 unspecified atom stereocenters. The Labute approximate surface area is 69.1 Å². The van der Waals surface area contributed by atoms with Crippen LogP contribution < -0.4 is 5.48 Å². The average Bonchev–Trinajstić information content (AvgIpc) is 2.47. The van der Waals surface area contributed by atoms with Gasteiger partial charge in [0.2, 0.25) is 0 Å². The highest BCUT2D eigenvalue weighted by Gasteiger charge is 2.37. The van der Waals surface area contributed by atoms with Crippen LogP contribution in [0.5, 0.6) is 0 Å². The third-order valence-corrected chi connectivity index (χ3v) is 3.08. The first-order chi connectivity index (χ1) is 5.42. The van der Waals surface area contributed by atoms with Gasteiger partial charge in [-0.15, -0.1) is 0 Å². The molecule has 1 heterocycles. The summed E-state index contributed by atoms with van der Waals surface area (Å²) in [6, 6.07) is 0.639. The second kappa shape index (κ2) is 3.15. The van der Waals surface area contributed by atoms with E-state index in [9.17, 15) is 0 Å². The lowest BCUT2D eigenvalue weighted by Gasteiger charge is -2.24. The van der Waals surface area contributed by atoms with E-state index in [1.165, 1.54) is 32.0 Å². The van der Waals surface area contributed by atoms with Gasteiger partial charge in [0.1, 0.15) is 7.85 Å². The van der Waals surface area contributed by atoms with E-state index in [1.807, 2.05) is 0 Å². The minimum Gasteiger partial charge on any atom is -0.298 e. The van der Waals surface area contributed by atoms with Crippen molar-refractivity contribution >= 4 is 7.85 Å². The number of rotatable bonds is 1. The van der Waals surface area contributed by atoms with Crippen molar-refractivity contribution in [2.45, 2.75) is 44.1 Å². The number of hydrogen-bond acceptors (Lipinski definition) is 2. The van der Waals surface area contributed by atoms with Gasteiger partial charge >= 0.3 is 0 Å². The van der Waals surface area contributed by atoms with Crippen LogP contribution in [0.25, 0.3) is 0 Å². The second-order valence-corrected chi connectivity index (χ2v) is 3.74. The second-order valence-electron chi connectivity index (χ2n) is 3.74. The first-order valence-electron chi connectivity index (χ1n) is 4.83. The van der Waals surface area contributed by atoms with Gasteiger partial charge in [0.15, 0.2) is 0 Å². The van der Waals surface area contributed by atoms with Crippen LogP contribution in [0.1, 0.15) is 25.7 Å². The fraction of sp³-hybridized carbons (Fsp3) is 1.00. The molecule has 2 nitrogen and oxygen atoms in total. The minimum absolute atomic E-state index is 0.536. The van der Waals surface area contributed by atoms with E-state index < -0.39 is 0 Å². The smallest absolute Gasteiger partial charge is 0.103 e. The molecule has 0 aromatic heterocycles. The number of fused-ring (bicyclic) bond motifs is 1. The van der Waals surface area contributed by atoms with Gasteiger partial charge in [0.25, 0.3) is 0 Å². The van der Waals surface area contributed by atoms with Gasteiger partial charge in [0.05, 0.1) is 6.10 Å². The summed E-state index contributed by atoms with van der Waals surface area (Å²) < 4.78 is 0. The fourth-order valence-electron chi connectivity index (χ4n) is 2.38. The molecule has 2 aliphatic rings. The van der Waals surface area contributed by atoms with Crippen LogP contribution in [0.3, 0.4) is 0 Å². The molecule has 3 atom stereocenters. The van der Waals surface area contributed by atoms with Crippen molar-refractivity contribution in [3.8, 4) is 0 Å². The summed E-state index contributed by atoms with van der Waals surface area (Å²) in [5.41, 5.74) is 3.15. The monoisotopic (exact) mass is 153 g/mol. The predicted octanol–water partition coefficient (Wildman–Crippen LogP) is 0.500. The maximum atomic E-state index is 5.51. The Kier molecular flexibility index (Phi) is 2.19. The Morgan fingerprint density at radius 2 is 2.18 bits per heavy atom.